The van der Waals surface area contributed by atoms with Crippen LogP contribution in [0.2, 0.25) is 0 Å². The van der Waals surface area contributed by atoms with Crippen LogP contribution in [0.15, 0.2) is 0 Å². The minimum atomic E-state index is -0.188. The van der Waals surface area contributed by atoms with E-state index in [1.165, 1.54) is 32.1 Å². The molecule has 0 aromatic heterocycles. The highest BCUT2D eigenvalue weighted by Gasteiger charge is 2.44. The lowest BCUT2D eigenvalue weighted by atomic mass is 9.65. The van der Waals surface area contributed by atoms with Gasteiger partial charge >= 0.3 is 0 Å². The van der Waals surface area contributed by atoms with Gasteiger partial charge in [-0.25, -0.2) is 0 Å². The Hall–Kier alpha value is -0.570. The van der Waals surface area contributed by atoms with Gasteiger partial charge < -0.3 is 5.73 Å². The van der Waals surface area contributed by atoms with Crippen molar-refractivity contribution in [2.45, 2.75) is 39.0 Å². The van der Waals surface area contributed by atoms with E-state index >= 15 is 0 Å². The summed E-state index contributed by atoms with van der Waals surface area (Å²) >= 11 is 0. The van der Waals surface area contributed by atoms with Crippen LogP contribution in [0.4, 0.5) is 0 Å². The van der Waals surface area contributed by atoms with E-state index in [0.29, 0.717) is 12.0 Å². The average Bonchev–Trinajstić information content (AvgIpc) is 2.16. The van der Waals surface area contributed by atoms with Crippen molar-refractivity contribution in [1.82, 2.24) is 4.90 Å². The van der Waals surface area contributed by atoms with Crippen LogP contribution < -0.4 is 5.73 Å². The molecule has 1 aliphatic carbocycles. The molecule has 3 heteroatoms. The first kappa shape index (κ1) is 10.9. The molecule has 1 amide bonds. The van der Waals surface area contributed by atoms with E-state index in [2.05, 4.69) is 11.8 Å². The summed E-state index contributed by atoms with van der Waals surface area (Å²) in [6, 6.07) is 0. The van der Waals surface area contributed by atoms with Gasteiger partial charge in [0, 0.05) is 13.1 Å². The fourth-order valence-electron chi connectivity index (χ4n) is 3.25. The SMILES string of the molecule is CCC1CCC2(CC1)CN(CC(N)=O)C2. The molecule has 0 aromatic carbocycles. The number of carbonyl (C=O) groups is 1. The zero-order valence-corrected chi connectivity index (χ0v) is 9.67. The van der Waals surface area contributed by atoms with Gasteiger partial charge in [-0.15, -0.1) is 0 Å². The molecule has 2 N–H and O–H groups in total. The van der Waals surface area contributed by atoms with Crippen molar-refractivity contribution in [3.05, 3.63) is 0 Å². The molecule has 86 valence electrons. The van der Waals surface area contributed by atoms with Crippen LogP contribution >= 0.6 is 0 Å². The van der Waals surface area contributed by atoms with Crippen molar-refractivity contribution in [3.8, 4) is 0 Å². The summed E-state index contributed by atoms with van der Waals surface area (Å²) < 4.78 is 0. The minimum absolute atomic E-state index is 0.188. The third kappa shape index (κ3) is 2.33. The second-order valence-corrected chi connectivity index (χ2v) is 5.46. The average molecular weight is 210 g/mol. The van der Waals surface area contributed by atoms with Crippen LogP contribution in [0, 0.1) is 11.3 Å². The molecular weight excluding hydrogens is 188 g/mol. The molecule has 2 aliphatic rings. The van der Waals surface area contributed by atoms with Crippen molar-refractivity contribution >= 4 is 5.91 Å². The zero-order chi connectivity index (χ0) is 10.9. The van der Waals surface area contributed by atoms with Crippen LogP contribution in [-0.4, -0.2) is 30.4 Å². The Kier molecular flexibility index (Phi) is 3.01. The first-order valence-corrected chi connectivity index (χ1v) is 6.14. The van der Waals surface area contributed by atoms with Crippen molar-refractivity contribution in [1.29, 1.82) is 0 Å². The Morgan fingerprint density at radius 3 is 2.47 bits per heavy atom. The van der Waals surface area contributed by atoms with E-state index in [1.54, 1.807) is 0 Å². The molecule has 0 aromatic rings. The third-order valence-corrected chi connectivity index (χ3v) is 4.24. The van der Waals surface area contributed by atoms with Crippen LogP contribution in [0.1, 0.15) is 39.0 Å². The first-order valence-electron chi connectivity index (χ1n) is 6.14. The standard InChI is InChI=1S/C12H22N2O/c1-2-10-3-5-12(6-4-10)8-14(9-12)7-11(13)15/h10H,2-9H2,1H3,(H2,13,15). The molecule has 1 saturated heterocycles. The van der Waals surface area contributed by atoms with E-state index in [4.69, 9.17) is 5.73 Å². The first-order chi connectivity index (χ1) is 7.13. The molecule has 1 heterocycles. The minimum Gasteiger partial charge on any atom is -0.369 e. The second kappa shape index (κ2) is 4.12. The van der Waals surface area contributed by atoms with Gasteiger partial charge in [-0.1, -0.05) is 13.3 Å². The van der Waals surface area contributed by atoms with E-state index in [1.807, 2.05) is 0 Å². The molecule has 0 atom stereocenters. The van der Waals surface area contributed by atoms with Crippen LogP contribution in [-0.2, 0) is 4.79 Å². The number of likely N-dealkylation sites (tertiary alicyclic amines) is 1. The number of rotatable bonds is 3. The van der Waals surface area contributed by atoms with Crippen LogP contribution in [0.3, 0.4) is 0 Å². The summed E-state index contributed by atoms with van der Waals surface area (Å²) in [6.07, 6.45) is 6.84. The van der Waals surface area contributed by atoms with E-state index in [0.717, 1.165) is 19.0 Å². The highest BCUT2D eigenvalue weighted by atomic mass is 16.1. The highest BCUT2D eigenvalue weighted by molar-refractivity contribution is 5.76. The number of primary amides is 1. The largest absolute Gasteiger partial charge is 0.369 e. The Labute approximate surface area is 92.0 Å². The van der Waals surface area contributed by atoms with Gasteiger partial charge in [-0.3, -0.25) is 9.69 Å². The number of hydrogen-bond acceptors (Lipinski definition) is 2. The lowest BCUT2D eigenvalue weighted by molar-refractivity contribution is -0.123. The lowest BCUT2D eigenvalue weighted by Crippen LogP contribution is -2.59. The number of nitrogens with zero attached hydrogens (tertiary/aromatic N) is 1. The Balaban J connectivity index is 1.75. The maximum Gasteiger partial charge on any atom is 0.231 e. The zero-order valence-electron chi connectivity index (χ0n) is 9.67. The maximum absolute atomic E-state index is 10.8. The number of hydrogen-bond donors (Lipinski definition) is 1. The summed E-state index contributed by atoms with van der Waals surface area (Å²) in [5, 5.41) is 0. The number of carbonyl (C=O) groups excluding carboxylic acids is 1. The molecular formula is C12H22N2O. The molecule has 1 saturated carbocycles. The Morgan fingerprint density at radius 2 is 2.00 bits per heavy atom. The smallest absolute Gasteiger partial charge is 0.231 e. The molecule has 0 unspecified atom stereocenters. The van der Waals surface area contributed by atoms with Gasteiger partial charge in [0.15, 0.2) is 0 Å². The maximum atomic E-state index is 10.8. The molecule has 15 heavy (non-hydrogen) atoms. The molecule has 2 rings (SSSR count). The molecule has 0 radical (unpaired) electrons. The molecule has 3 nitrogen and oxygen atoms in total. The molecule has 2 fully saturated rings. The quantitative estimate of drug-likeness (QED) is 0.765. The number of amides is 1. The summed E-state index contributed by atoms with van der Waals surface area (Å²) in [4.78, 5) is 12.9. The predicted octanol–water partition coefficient (Wildman–Crippen LogP) is 1.37. The summed E-state index contributed by atoms with van der Waals surface area (Å²) in [7, 11) is 0. The van der Waals surface area contributed by atoms with Gasteiger partial charge in [-0.2, -0.15) is 0 Å². The Morgan fingerprint density at radius 1 is 1.40 bits per heavy atom. The fraction of sp³-hybridized carbons (Fsp3) is 0.917. The monoisotopic (exact) mass is 210 g/mol. The van der Waals surface area contributed by atoms with Crippen molar-refractivity contribution in [2.24, 2.45) is 17.1 Å². The van der Waals surface area contributed by atoms with E-state index < -0.39 is 0 Å². The van der Waals surface area contributed by atoms with Crippen molar-refractivity contribution in [2.75, 3.05) is 19.6 Å². The van der Waals surface area contributed by atoms with E-state index in [-0.39, 0.29) is 5.91 Å². The fourth-order valence-corrected chi connectivity index (χ4v) is 3.25. The van der Waals surface area contributed by atoms with Gasteiger partial charge in [-0.05, 0) is 37.0 Å². The lowest BCUT2D eigenvalue weighted by Gasteiger charge is -2.53. The van der Waals surface area contributed by atoms with Crippen LogP contribution in [0.5, 0.6) is 0 Å². The van der Waals surface area contributed by atoms with Gasteiger partial charge in [0.25, 0.3) is 0 Å². The van der Waals surface area contributed by atoms with Gasteiger partial charge in [0.05, 0.1) is 6.54 Å². The molecule has 1 aliphatic heterocycles. The van der Waals surface area contributed by atoms with Crippen LogP contribution in [0.25, 0.3) is 0 Å². The summed E-state index contributed by atoms with van der Waals surface area (Å²) in [5.41, 5.74) is 5.74. The van der Waals surface area contributed by atoms with Crippen molar-refractivity contribution in [3.63, 3.8) is 0 Å². The third-order valence-electron chi connectivity index (χ3n) is 4.24. The van der Waals surface area contributed by atoms with Gasteiger partial charge in [0.1, 0.15) is 0 Å². The number of nitrogens with two attached hydrogens (primary N) is 1. The topological polar surface area (TPSA) is 46.3 Å². The highest BCUT2D eigenvalue weighted by Crippen LogP contribution is 2.45. The normalized spacial score (nSPS) is 26.5. The van der Waals surface area contributed by atoms with Crippen molar-refractivity contribution < 1.29 is 4.79 Å². The summed E-state index contributed by atoms with van der Waals surface area (Å²) in [5.74, 6) is 0.771. The van der Waals surface area contributed by atoms with E-state index in [9.17, 15) is 4.79 Å². The predicted molar refractivity (Wildman–Crippen MR) is 60.3 cm³/mol. The summed E-state index contributed by atoms with van der Waals surface area (Å²) in [6.45, 7) is 4.96. The van der Waals surface area contributed by atoms with Gasteiger partial charge in [0.2, 0.25) is 5.91 Å². The second-order valence-electron chi connectivity index (χ2n) is 5.46. The molecule has 1 spiro atoms. The molecule has 0 bridgehead atoms. The Bertz CT molecular complexity index is 236.